The summed E-state index contributed by atoms with van der Waals surface area (Å²) in [6, 6.07) is 46.7. The fourth-order valence-corrected chi connectivity index (χ4v) is 6.98. The largest absolute Gasteiger partial charge is 0.455 e. The van der Waals surface area contributed by atoms with Crippen LogP contribution in [0.1, 0.15) is 0 Å². The van der Waals surface area contributed by atoms with E-state index in [4.69, 9.17) is 13.8 Å². The molecule has 43 heavy (non-hydrogen) atoms. The van der Waals surface area contributed by atoms with Gasteiger partial charge >= 0.3 is 0 Å². The van der Waals surface area contributed by atoms with E-state index in [-0.39, 0.29) is 0 Å². The van der Waals surface area contributed by atoms with E-state index >= 15 is 0 Å². The smallest absolute Gasteiger partial charge is 0.231 e. The quantitative estimate of drug-likeness (QED) is 0.215. The van der Waals surface area contributed by atoms with E-state index in [1.165, 1.54) is 27.1 Å². The van der Waals surface area contributed by atoms with Crippen molar-refractivity contribution in [3.8, 4) is 17.1 Å². The van der Waals surface area contributed by atoms with Crippen LogP contribution in [0.2, 0.25) is 0 Å². The van der Waals surface area contributed by atoms with Crippen molar-refractivity contribution < 1.29 is 8.83 Å². The Balaban J connectivity index is 1.39. The molecule has 0 saturated heterocycles. The lowest BCUT2D eigenvalue weighted by atomic mass is 9.99. The maximum Gasteiger partial charge on any atom is 0.231 e. The molecule has 0 unspecified atom stereocenters. The molecule has 0 aliphatic rings. The van der Waals surface area contributed by atoms with Gasteiger partial charge in [-0.05, 0) is 64.0 Å². The third-order valence-corrected chi connectivity index (χ3v) is 8.80. The Bertz CT molecular complexity index is 2710. The zero-order valence-electron chi connectivity index (χ0n) is 22.9. The van der Waals surface area contributed by atoms with E-state index in [1.807, 2.05) is 24.3 Å². The Morgan fingerprint density at radius 1 is 0.488 bits per heavy atom. The average Bonchev–Trinajstić information content (AvgIpc) is 3.76. The number of aromatic nitrogens is 2. The molecule has 0 aliphatic carbocycles. The summed E-state index contributed by atoms with van der Waals surface area (Å²) in [5, 5.41) is 9.36. The number of rotatable bonds is 2. The summed E-state index contributed by atoms with van der Waals surface area (Å²) in [5.41, 5.74) is 7.45. The van der Waals surface area contributed by atoms with Crippen LogP contribution in [0.4, 0.5) is 0 Å². The molecular weight excluding hydrogens is 528 g/mol. The number of benzene rings is 7. The Hall–Kier alpha value is -5.87. The van der Waals surface area contributed by atoms with Gasteiger partial charge in [-0.25, -0.2) is 4.98 Å². The summed E-state index contributed by atoms with van der Waals surface area (Å²) < 4.78 is 15.4. The van der Waals surface area contributed by atoms with E-state index in [1.54, 1.807) is 0 Å². The molecule has 0 radical (unpaired) electrons. The topological polar surface area (TPSA) is 44.1 Å². The first kappa shape index (κ1) is 22.8. The molecule has 3 heterocycles. The van der Waals surface area contributed by atoms with E-state index < -0.39 is 0 Å². The van der Waals surface area contributed by atoms with Gasteiger partial charge in [0.05, 0.1) is 27.7 Å². The van der Waals surface area contributed by atoms with Gasteiger partial charge in [-0.3, -0.25) is 0 Å². The molecule has 0 spiro atoms. The molecule has 0 saturated carbocycles. The Morgan fingerprint density at radius 3 is 2.09 bits per heavy atom. The summed E-state index contributed by atoms with van der Waals surface area (Å²) in [7, 11) is 0. The Labute approximate surface area is 245 Å². The van der Waals surface area contributed by atoms with Gasteiger partial charge in [-0.1, -0.05) is 91.0 Å². The van der Waals surface area contributed by atoms with E-state index in [0.717, 1.165) is 60.6 Å². The van der Waals surface area contributed by atoms with E-state index in [9.17, 15) is 0 Å². The number of oxazole rings is 1. The fraction of sp³-hybridized carbons (Fsp3) is 0. The normalized spacial score (nSPS) is 12.2. The number of hydrogen-bond acceptors (Lipinski definition) is 3. The van der Waals surface area contributed by atoms with Crippen molar-refractivity contribution >= 4 is 76.4 Å². The minimum absolute atomic E-state index is 0.556. The zero-order valence-corrected chi connectivity index (χ0v) is 22.9. The van der Waals surface area contributed by atoms with Crippen LogP contribution in [0, 0.1) is 0 Å². The number of para-hydroxylation sites is 3. The number of hydrogen-bond donors (Lipinski definition) is 0. The molecule has 200 valence electrons. The molecular formula is C39H22N2O2. The highest BCUT2D eigenvalue weighted by Crippen LogP contribution is 2.45. The van der Waals surface area contributed by atoms with Gasteiger partial charge in [-0.15, -0.1) is 0 Å². The van der Waals surface area contributed by atoms with Crippen LogP contribution >= 0.6 is 0 Å². The molecule has 0 N–H and O–H groups in total. The lowest BCUT2D eigenvalue weighted by molar-refractivity contribution is 0.615. The molecule has 3 aromatic heterocycles. The molecule has 10 rings (SSSR count). The number of fused-ring (bicyclic) bond motifs is 11. The number of furan rings is 1. The van der Waals surface area contributed by atoms with Crippen LogP contribution in [-0.4, -0.2) is 9.55 Å². The number of nitrogens with zero attached hydrogens (tertiary/aromatic N) is 2. The van der Waals surface area contributed by atoms with Crippen molar-refractivity contribution in [1.29, 1.82) is 0 Å². The molecule has 10 aromatic rings. The maximum absolute atomic E-state index is 6.76. The highest BCUT2D eigenvalue weighted by atomic mass is 16.4. The van der Waals surface area contributed by atoms with Crippen LogP contribution in [0.25, 0.3) is 93.5 Å². The van der Waals surface area contributed by atoms with Crippen LogP contribution in [0.5, 0.6) is 0 Å². The molecule has 0 atom stereocenters. The lowest BCUT2D eigenvalue weighted by Gasteiger charge is -2.11. The van der Waals surface area contributed by atoms with Gasteiger partial charge in [0.15, 0.2) is 5.58 Å². The lowest BCUT2D eigenvalue weighted by Crippen LogP contribution is -1.94. The van der Waals surface area contributed by atoms with E-state index in [0.29, 0.717) is 5.89 Å². The highest BCUT2D eigenvalue weighted by Gasteiger charge is 2.23. The molecule has 4 nitrogen and oxygen atoms in total. The molecule has 0 bridgehead atoms. The third kappa shape index (κ3) is 3.07. The predicted molar refractivity (Wildman–Crippen MR) is 176 cm³/mol. The minimum Gasteiger partial charge on any atom is -0.455 e. The molecule has 0 aliphatic heterocycles. The van der Waals surface area contributed by atoms with Crippen molar-refractivity contribution in [1.82, 2.24) is 9.55 Å². The zero-order chi connectivity index (χ0) is 28.1. The molecule has 0 amide bonds. The second kappa shape index (κ2) is 8.34. The first-order chi connectivity index (χ1) is 21.3. The van der Waals surface area contributed by atoms with Gasteiger partial charge in [0, 0.05) is 16.2 Å². The van der Waals surface area contributed by atoms with Gasteiger partial charge in [0.25, 0.3) is 0 Å². The van der Waals surface area contributed by atoms with Crippen LogP contribution in [0.3, 0.4) is 0 Å². The summed E-state index contributed by atoms with van der Waals surface area (Å²) in [6.45, 7) is 0. The second-order valence-electron chi connectivity index (χ2n) is 11.1. The van der Waals surface area contributed by atoms with Gasteiger partial charge in [-0.2, -0.15) is 0 Å². The van der Waals surface area contributed by atoms with Crippen molar-refractivity contribution in [2.45, 2.75) is 0 Å². The standard InChI is InChI=1S/C39H22N2O2/c1-3-12-25-23(10-1)20-21-32-35(25)27-14-5-7-16-30(27)41(32)31-17-9-19-34-37(31)36-26-13-4-2-11-24(26)22-28(38(36)42-34)39-40-29-15-6-8-18-33(29)43-39/h1-22H. The van der Waals surface area contributed by atoms with Crippen molar-refractivity contribution in [3.05, 3.63) is 133 Å². The van der Waals surface area contributed by atoms with Gasteiger partial charge < -0.3 is 13.4 Å². The Morgan fingerprint density at radius 2 is 1.21 bits per heavy atom. The van der Waals surface area contributed by atoms with Crippen molar-refractivity contribution in [2.24, 2.45) is 0 Å². The summed E-state index contributed by atoms with van der Waals surface area (Å²) in [6.07, 6.45) is 0. The van der Waals surface area contributed by atoms with Crippen LogP contribution < -0.4 is 0 Å². The van der Waals surface area contributed by atoms with Crippen LogP contribution in [-0.2, 0) is 0 Å². The average molecular weight is 551 g/mol. The first-order valence-corrected chi connectivity index (χ1v) is 14.5. The van der Waals surface area contributed by atoms with Gasteiger partial charge in [0.1, 0.15) is 16.7 Å². The maximum atomic E-state index is 6.76. The summed E-state index contributed by atoms with van der Waals surface area (Å²) in [5.74, 6) is 0.556. The fourth-order valence-electron chi connectivity index (χ4n) is 6.98. The highest BCUT2D eigenvalue weighted by molar-refractivity contribution is 6.26. The predicted octanol–water partition coefficient (Wildman–Crippen LogP) is 10.8. The monoisotopic (exact) mass is 550 g/mol. The molecule has 0 fully saturated rings. The molecule has 7 aromatic carbocycles. The minimum atomic E-state index is 0.556. The summed E-state index contributed by atoms with van der Waals surface area (Å²) >= 11 is 0. The second-order valence-corrected chi connectivity index (χ2v) is 11.1. The van der Waals surface area contributed by atoms with Crippen molar-refractivity contribution in [2.75, 3.05) is 0 Å². The van der Waals surface area contributed by atoms with Crippen molar-refractivity contribution in [3.63, 3.8) is 0 Å². The summed E-state index contributed by atoms with van der Waals surface area (Å²) in [4.78, 5) is 4.86. The first-order valence-electron chi connectivity index (χ1n) is 14.5. The SMILES string of the molecule is c1ccc2c(c1)cc(-c1nc3ccccc3o1)c1oc3cccc(-n4c5ccccc5c5c6ccccc6ccc54)c3c12. The van der Waals surface area contributed by atoms with E-state index in [2.05, 4.69) is 114 Å². The Kier molecular flexibility index (Phi) is 4.42. The third-order valence-electron chi connectivity index (χ3n) is 8.80. The van der Waals surface area contributed by atoms with Crippen LogP contribution in [0.15, 0.2) is 142 Å². The molecule has 4 heteroatoms. The van der Waals surface area contributed by atoms with Gasteiger partial charge in [0.2, 0.25) is 5.89 Å².